The van der Waals surface area contributed by atoms with Crippen LogP contribution in [0.4, 0.5) is 0 Å². The van der Waals surface area contributed by atoms with Crippen molar-refractivity contribution in [3.8, 4) is 11.5 Å². The normalized spacial score (nSPS) is 16.0. The van der Waals surface area contributed by atoms with E-state index in [1.54, 1.807) is 25.6 Å². The van der Waals surface area contributed by atoms with Crippen LogP contribution in [0.5, 0.6) is 11.5 Å². The Bertz CT molecular complexity index is 1010. The van der Waals surface area contributed by atoms with E-state index in [-0.39, 0.29) is 12.0 Å². The van der Waals surface area contributed by atoms with Gasteiger partial charge in [0.05, 0.1) is 32.9 Å². The number of hydrogen-bond acceptors (Lipinski definition) is 6. The fourth-order valence-corrected chi connectivity index (χ4v) is 4.92. The van der Waals surface area contributed by atoms with Crippen molar-refractivity contribution in [2.24, 2.45) is 0 Å². The zero-order chi connectivity index (χ0) is 21.1. The number of carbonyl (C=O) groups is 1. The summed E-state index contributed by atoms with van der Waals surface area (Å²) in [4.78, 5) is 15.5. The number of nitrogens with zero attached hydrogens (tertiary/aromatic N) is 1. The van der Waals surface area contributed by atoms with E-state index < -0.39 is 0 Å². The maximum atomic E-state index is 11.7. The topological polar surface area (TPSA) is 48.0 Å². The van der Waals surface area contributed by atoms with E-state index in [2.05, 4.69) is 34.5 Å². The van der Waals surface area contributed by atoms with Gasteiger partial charge in [-0.2, -0.15) is 0 Å². The summed E-state index contributed by atoms with van der Waals surface area (Å²) in [5.41, 5.74) is 4.28. The van der Waals surface area contributed by atoms with Gasteiger partial charge in [0.25, 0.3) is 0 Å². The second-order valence-corrected chi connectivity index (χ2v) is 8.21. The number of hydrogen-bond donors (Lipinski definition) is 0. The SMILES string of the molecule is COC(=O)c1ccc(CN2CCc3cc(OC)c(OC)cc3C2c2cccs2)cc1. The monoisotopic (exact) mass is 423 g/mol. The largest absolute Gasteiger partial charge is 0.493 e. The Labute approximate surface area is 180 Å². The first-order valence-corrected chi connectivity index (χ1v) is 10.7. The standard InChI is InChI=1S/C24H25NO4S/c1-27-20-13-18-10-11-25(15-16-6-8-17(9-7-16)24(26)29-3)23(22-5-4-12-30-22)19(18)14-21(20)28-2/h4-9,12-14,23H,10-11,15H2,1-3H3. The molecule has 0 radical (unpaired) electrons. The summed E-state index contributed by atoms with van der Waals surface area (Å²) < 4.78 is 15.9. The molecule has 0 saturated carbocycles. The van der Waals surface area contributed by atoms with Crippen molar-refractivity contribution < 1.29 is 19.0 Å². The predicted molar refractivity (Wildman–Crippen MR) is 118 cm³/mol. The first-order valence-electron chi connectivity index (χ1n) is 9.84. The molecule has 156 valence electrons. The second kappa shape index (κ2) is 8.90. The number of ether oxygens (including phenoxy) is 3. The lowest BCUT2D eigenvalue weighted by atomic mass is 9.90. The third-order valence-corrected chi connectivity index (χ3v) is 6.47. The number of rotatable bonds is 6. The molecule has 2 heterocycles. The Kier molecular flexibility index (Phi) is 6.06. The van der Waals surface area contributed by atoms with Gasteiger partial charge in [-0.05, 0) is 58.8 Å². The van der Waals surface area contributed by atoms with Gasteiger partial charge in [0, 0.05) is 18.0 Å². The molecule has 0 aliphatic carbocycles. The first kappa shape index (κ1) is 20.4. The van der Waals surface area contributed by atoms with E-state index in [4.69, 9.17) is 14.2 Å². The molecular weight excluding hydrogens is 398 g/mol. The van der Waals surface area contributed by atoms with Gasteiger partial charge in [-0.1, -0.05) is 18.2 Å². The fourth-order valence-electron chi connectivity index (χ4n) is 4.05. The van der Waals surface area contributed by atoms with Crippen molar-refractivity contribution in [1.82, 2.24) is 4.90 Å². The molecule has 2 aromatic carbocycles. The Morgan fingerprint density at radius 3 is 2.43 bits per heavy atom. The summed E-state index contributed by atoms with van der Waals surface area (Å²) in [6, 6.07) is 16.3. The quantitative estimate of drug-likeness (QED) is 0.538. The van der Waals surface area contributed by atoms with Crippen LogP contribution in [0, 0.1) is 0 Å². The number of thiophene rings is 1. The molecule has 30 heavy (non-hydrogen) atoms. The highest BCUT2D eigenvalue weighted by Gasteiger charge is 2.31. The molecule has 3 aromatic rings. The average molecular weight is 424 g/mol. The number of benzene rings is 2. The third kappa shape index (κ3) is 3.93. The van der Waals surface area contributed by atoms with Crippen LogP contribution in [0.15, 0.2) is 53.9 Å². The summed E-state index contributed by atoms with van der Waals surface area (Å²) in [7, 11) is 4.75. The molecule has 5 nitrogen and oxygen atoms in total. The zero-order valence-electron chi connectivity index (χ0n) is 17.4. The molecule has 0 fully saturated rings. The van der Waals surface area contributed by atoms with Crippen LogP contribution in [0.25, 0.3) is 0 Å². The van der Waals surface area contributed by atoms with Crippen molar-refractivity contribution in [2.75, 3.05) is 27.9 Å². The maximum Gasteiger partial charge on any atom is 0.337 e. The lowest BCUT2D eigenvalue weighted by Gasteiger charge is -2.37. The fraction of sp³-hybridized carbons (Fsp3) is 0.292. The Morgan fingerprint density at radius 2 is 1.80 bits per heavy atom. The van der Waals surface area contributed by atoms with E-state index >= 15 is 0 Å². The van der Waals surface area contributed by atoms with Crippen LogP contribution >= 0.6 is 11.3 Å². The van der Waals surface area contributed by atoms with Crippen LogP contribution < -0.4 is 9.47 Å². The van der Waals surface area contributed by atoms with Gasteiger partial charge in [-0.25, -0.2) is 4.79 Å². The minimum Gasteiger partial charge on any atom is -0.493 e. The summed E-state index contributed by atoms with van der Waals surface area (Å²) in [6.07, 6.45) is 0.942. The summed E-state index contributed by atoms with van der Waals surface area (Å²) >= 11 is 1.77. The molecule has 1 aliphatic rings. The first-order chi connectivity index (χ1) is 14.6. The van der Waals surface area contributed by atoms with Gasteiger partial charge in [-0.15, -0.1) is 11.3 Å². The van der Waals surface area contributed by atoms with Crippen LogP contribution in [0.2, 0.25) is 0 Å². The van der Waals surface area contributed by atoms with Crippen LogP contribution in [-0.4, -0.2) is 38.7 Å². The lowest BCUT2D eigenvalue weighted by molar-refractivity contribution is 0.0600. The Balaban J connectivity index is 1.68. The van der Waals surface area contributed by atoms with Crippen LogP contribution in [0.1, 0.15) is 38.0 Å². The van der Waals surface area contributed by atoms with E-state index in [1.807, 2.05) is 24.3 Å². The van der Waals surface area contributed by atoms with Crippen LogP contribution in [0.3, 0.4) is 0 Å². The highest BCUT2D eigenvalue weighted by molar-refractivity contribution is 7.10. The average Bonchev–Trinajstić information content (AvgIpc) is 3.32. The highest BCUT2D eigenvalue weighted by Crippen LogP contribution is 2.42. The van der Waals surface area contributed by atoms with E-state index in [0.29, 0.717) is 5.56 Å². The number of fused-ring (bicyclic) bond motifs is 1. The Morgan fingerprint density at radius 1 is 1.07 bits per heavy atom. The van der Waals surface area contributed by atoms with Crippen molar-refractivity contribution in [3.05, 3.63) is 81.0 Å². The number of methoxy groups -OCH3 is 3. The summed E-state index contributed by atoms with van der Waals surface area (Å²) in [5, 5.41) is 2.12. The maximum absolute atomic E-state index is 11.7. The van der Waals surface area contributed by atoms with Crippen molar-refractivity contribution >= 4 is 17.3 Å². The Hall–Kier alpha value is -2.83. The predicted octanol–water partition coefficient (Wildman–Crippen LogP) is 4.70. The molecule has 1 unspecified atom stereocenters. The highest BCUT2D eigenvalue weighted by atomic mass is 32.1. The molecule has 0 amide bonds. The van der Waals surface area contributed by atoms with Crippen LogP contribution in [-0.2, 0) is 17.7 Å². The molecule has 1 aliphatic heterocycles. The van der Waals surface area contributed by atoms with Gasteiger partial charge in [0.15, 0.2) is 11.5 Å². The van der Waals surface area contributed by atoms with Gasteiger partial charge in [-0.3, -0.25) is 4.90 Å². The zero-order valence-corrected chi connectivity index (χ0v) is 18.2. The molecule has 6 heteroatoms. The van der Waals surface area contributed by atoms with Gasteiger partial charge in [0.1, 0.15) is 0 Å². The van der Waals surface area contributed by atoms with Gasteiger partial charge >= 0.3 is 5.97 Å². The third-order valence-electron chi connectivity index (χ3n) is 5.55. The smallest absolute Gasteiger partial charge is 0.337 e. The minimum absolute atomic E-state index is 0.147. The van der Waals surface area contributed by atoms with E-state index in [9.17, 15) is 4.79 Å². The molecule has 0 saturated heterocycles. The van der Waals surface area contributed by atoms with E-state index in [0.717, 1.165) is 36.6 Å². The molecule has 0 spiro atoms. The second-order valence-electron chi connectivity index (χ2n) is 7.23. The molecule has 1 atom stereocenters. The van der Waals surface area contributed by atoms with Crippen molar-refractivity contribution in [2.45, 2.75) is 19.0 Å². The minimum atomic E-state index is -0.314. The summed E-state index contributed by atoms with van der Waals surface area (Å²) in [5.74, 6) is 1.21. The lowest BCUT2D eigenvalue weighted by Crippen LogP contribution is -2.35. The molecule has 4 rings (SSSR count). The van der Waals surface area contributed by atoms with Crippen molar-refractivity contribution in [3.63, 3.8) is 0 Å². The number of carbonyl (C=O) groups excluding carboxylic acids is 1. The van der Waals surface area contributed by atoms with E-state index in [1.165, 1.54) is 23.1 Å². The molecule has 1 aromatic heterocycles. The van der Waals surface area contributed by atoms with Crippen molar-refractivity contribution in [1.29, 1.82) is 0 Å². The molecule has 0 bridgehead atoms. The van der Waals surface area contributed by atoms with Gasteiger partial charge < -0.3 is 14.2 Å². The van der Waals surface area contributed by atoms with Gasteiger partial charge in [0.2, 0.25) is 0 Å². The molecule has 0 N–H and O–H groups in total. The number of esters is 1. The summed E-state index contributed by atoms with van der Waals surface area (Å²) in [6.45, 7) is 1.72. The molecular formula is C24H25NO4S.